The van der Waals surface area contributed by atoms with E-state index in [0.29, 0.717) is 0 Å². The molecule has 0 unspecified atom stereocenters. The highest BCUT2D eigenvalue weighted by Crippen LogP contribution is 2.34. The topological polar surface area (TPSA) is 85.3 Å². The van der Waals surface area contributed by atoms with Crippen molar-refractivity contribution in [1.82, 2.24) is 15.0 Å². The number of aryl methyl sites for hydroxylation is 1. The Labute approximate surface area is 123 Å². The molecule has 3 rings (SSSR count). The van der Waals surface area contributed by atoms with Gasteiger partial charge < -0.3 is 20.1 Å². The third-order valence-corrected chi connectivity index (χ3v) is 4.71. The Morgan fingerprint density at radius 3 is 2.57 bits per heavy atom. The van der Waals surface area contributed by atoms with Crippen molar-refractivity contribution in [2.24, 2.45) is 5.41 Å². The predicted molar refractivity (Wildman–Crippen MR) is 81.3 cm³/mol. The Morgan fingerprint density at radius 2 is 1.95 bits per heavy atom. The zero-order valence-corrected chi connectivity index (χ0v) is 12.3. The van der Waals surface area contributed by atoms with Gasteiger partial charge in [0, 0.05) is 24.7 Å². The fourth-order valence-corrected chi connectivity index (χ4v) is 3.09. The van der Waals surface area contributed by atoms with Crippen LogP contribution in [0.5, 0.6) is 0 Å². The molecule has 1 fully saturated rings. The first-order chi connectivity index (χ1) is 10.2. The van der Waals surface area contributed by atoms with Crippen molar-refractivity contribution in [3.8, 4) is 0 Å². The molecule has 6 nitrogen and oxygen atoms in total. The number of hydrogen-bond donors (Lipinski definition) is 3. The number of rotatable bonds is 4. The molecule has 0 atom stereocenters. The summed E-state index contributed by atoms with van der Waals surface area (Å²) in [6.07, 6.45) is 6.08. The number of aromatic amines is 1. The number of nitrogens with zero attached hydrogens (tertiary/aromatic N) is 3. The van der Waals surface area contributed by atoms with Gasteiger partial charge in [0.25, 0.3) is 0 Å². The van der Waals surface area contributed by atoms with Gasteiger partial charge >= 0.3 is 0 Å². The van der Waals surface area contributed by atoms with Gasteiger partial charge in [-0.25, -0.2) is 9.97 Å². The van der Waals surface area contributed by atoms with Crippen molar-refractivity contribution >= 4 is 16.9 Å². The van der Waals surface area contributed by atoms with Gasteiger partial charge in [-0.1, -0.05) is 6.92 Å². The standard InChI is InChI=1S/C15H22N4O2/c1-2-11-7-16-13-12(11)14(18-10-17-13)19-5-3-15(8-20,9-21)4-6-19/h7,10,20-21H,2-6,8-9H2,1H3,(H,16,17,18). The molecular formula is C15H22N4O2. The van der Waals surface area contributed by atoms with Crippen LogP contribution in [-0.2, 0) is 6.42 Å². The molecule has 0 amide bonds. The SMILES string of the molecule is CCc1c[nH]c2ncnc(N3CCC(CO)(CO)CC3)c12. The maximum atomic E-state index is 9.51. The van der Waals surface area contributed by atoms with Gasteiger partial charge in [-0.2, -0.15) is 0 Å². The average Bonchev–Trinajstić information content (AvgIpc) is 2.98. The summed E-state index contributed by atoms with van der Waals surface area (Å²) in [5.41, 5.74) is 1.76. The van der Waals surface area contributed by atoms with E-state index in [4.69, 9.17) is 0 Å². The summed E-state index contributed by atoms with van der Waals surface area (Å²) in [4.78, 5) is 14.2. The maximum absolute atomic E-state index is 9.51. The number of piperidine rings is 1. The number of hydrogen-bond acceptors (Lipinski definition) is 5. The molecule has 6 heteroatoms. The fraction of sp³-hybridized carbons (Fsp3) is 0.600. The van der Waals surface area contributed by atoms with E-state index >= 15 is 0 Å². The van der Waals surface area contributed by atoms with Gasteiger partial charge in [0.15, 0.2) is 0 Å². The average molecular weight is 290 g/mol. The van der Waals surface area contributed by atoms with Crippen molar-refractivity contribution in [3.63, 3.8) is 0 Å². The number of fused-ring (bicyclic) bond motifs is 1. The second kappa shape index (κ2) is 5.61. The molecule has 2 aromatic heterocycles. The minimum Gasteiger partial charge on any atom is -0.396 e. The highest BCUT2D eigenvalue weighted by molar-refractivity contribution is 5.90. The Morgan fingerprint density at radius 1 is 1.24 bits per heavy atom. The third kappa shape index (κ3) is 2.38. The normalized spacial score (nSPS) is 18.3. The second-order valence-electron chi connectivity index (χ2n) is 5.89. The lowest BCUT2D eigenvalue weighted by Gasteiger charge is -2.40. The Kier molecular flexibility index (Phi) is 3.82. The van der Waals surface area contributed by atoms with Crippen molar-refractivity contribution in [2.75, 3.05) is 31.2 Å². The highest BCUT2D eigenvalue weighted by Gasteiger charge is 2.34. The lowest BCUT2D eigenvalue weighted by molar-refractivity contribution is 0.0340. The largest absolute Gasteiger partial charge is 0.396 e. The molecule has 1 aliphatic rings. The summed E-state index contributed by atoms with van der Waals surface area (Å²) in [6, 6.07) is 0. The predicted octanol–water partition coefficient (Wildman–Crippen LogP) is 1.09. The van der Waals surface area contributed by atoms with E-state index in [9.17, 15) is 10.2 Å². The highest BCUT2D eigenvalue weighted by atomic mass is 16.3. The van der Waals surface area contributed by atoms with E-state index in [-0.39, 0.29) is 18.6 Å². The number of aliphatic hydroxyl groups excluding tert-OH is 2. The van der Waals surface area contributed by atoms with E-state index in [1.54, 1.807) is 6.33 Å². The van der Waals surface area contributed by atoms with Crippen LogP contribution in [0.1, 0.15) is 25.3 Å². The molecule has 21 heavy (non-hydrogen) atoms. The number of anilines is 1. The summed E-state index contributed by atoms with van der Waals surface area (Å²) in [7, 11) is 0. The number of H-pyrrole nitrogens is 1. The second-order valence-corrected chi connectivity index (χ2v) is 5.89. The molecule has 0 aromatic carbocycles. The molecule has 0 radical (unpaired) electrons. The van der Waals surface area contributed by atoms with Crippen LogP contribution in [0.25, 0.3) is 11.0 Å². The molecule has 1 saturated heterocycles. The van der Waals surface area contributed by atoms with Crippen LogP contribution in [0.3, 0.4) is 0 Å². The Bertz CT molecular complexity index is 611. The van der Waals surface area contributed by atoms with Crippen LogP contribution in [0.2, 0.25) is 0 Å². The summed E-state index contributed by atoms with van der Waals surface area (Å²) in [6.45, 7) is 3.79. The summed E-state index contributed by atoms with van der Waals surface area (Å²) >= 11 is 0. The lowest BCUT2D eigenvalue weighted by atomic mass is 9.80. The van der Waals surface area contributed by atoms with E-state index in [1.165, 1.54) is 5.56 Å². The van der Waals surface area contributed by atoms with Crippen LogP contribution in [-0.4, -0.2) is 51.5 Å². The summed E-state index contributed by atoms with van der Waals surface area (Å²) < 4.78 is 0. The van der Waals surface area contributed by atoms with E-state index in [1.807, 2.05) is 6.20 Å². The van der Waals surface area contributed by atoms with E-state index < -0.39 is 0 Å². The zero-order chi connectivity index (χ0) is 14.9. The quantitative estimate of drug-likeness (QED) is 0.785. The minimum absolute atomic E-state index is 0.0425. The van der Waals surface area contributed by atoms with Gasteiger partial charge in [-0.15, -0.1) is 0 Å². The van der Waals surface area contributed by atoms with E-state index in [2.05, 4.69) is 26.8 Å². The van der Waals surface area contributed by atoms with Crippen LogP contribution in [0.4, 0.5) is 5.82 Å². The molecule has 114 valence electrons. The van der Waals surface area contributed by atoms with Crippen LogP contribution >= 0.6 is 0 Å². The molecule has 0 aliphatic carbocycles. The van der Waals surface area contributed by atoms with Crippen molar-refractivity contribution in [3.05, 3.63) is 18.1 Å². The molecule has 2 aromatic rings. The zero-order valence-electron chi connectivity index (χ0n) is 12.3. The van der Waals surface area contributed by atoms with Gasteiger partial charge in [0.05, 0.1) is 18.6 Å². The van der Waals surface area contributed by atoms with Gasteiger partial charge in [0.2, 0.25) is 0 Å². The Hall–Kier alpha value is -1.66. The number of nitrogens with one attached hydrogen (secondary N) is 1. The maximum Gasteiger partial charge on any atom is 0.143 e. The van der Waals surface area contributed by atoms with Crippen LogP contribution in [0.15, 0.2) is 12.5 Å². The fourth-order valence-electron chi connectivity index (χ4n) is 3.09. The van der Waals surface area contributed by atoms with Crippen molar-refractivity contribution in [2.45, 2.75) is 26.2 Å². The van der Waals surface area contributed by atoms with Crippen LogP contribution < -0.4 is 4.90 Å². The first-order valence-corrected chi connectivity index (χ1v) is 7.50. The Balaban J connectivity index is 1.90. The molecule has 0 saturated carbocycles. The smallest absolute Gasteiger partial charge is 0.143 e. The molecular weight excluding hydrogens is 268 g/mol. The summed E-state index contributed by atoms with van der Waals surface area (Å²) in [5.74, 6) is 0.961. The first-order valence-electron chi connectivity index (χ1n) is 7.50. The molecule has 1 aliphatic heterocycles. The monoisotopic (exact) mass is 290 g/mol. The lowest BCUT2D eigenvalue weighted by Crippen LogP contribution is -2.44. The first kappa shape index (κ1) is 14.3. The van der Waals surface area contributed by atoms with Gasteiger partial charge in [-0.05, 0) is 24.8 Å². The molecule has 3 heterocycles. The molecule has 0 bridgehead atoms. The molecule has 3 N–H and O–H groups in total. The van der Waals surface area contributed by atoms with Gasteiger partial charge in [-0.3, -0.25) is 0 Å². The van der Waals surface area contributed by atoms with Crippen molar-refractivity contribution < 1.29 is 10.2 Å². The number of aliphatic hydroxyl groups is 2. The van der Waals surface area contributed by atoms with Crippen molar-refractivity contribution in [1.29, 1.82) is 0 Å². The van der Waals surface area contributed by atoms with Crippen LogP contribution in [0, 0.1) is 5.41 Å². The van der Waals surface area contributed by atoms with Gasteiger partial charge in [0.1, 0.15) is 17.8 Å². The minimum atomic E-state index is -0.339. The summed E-state index contributed by atoms with van der Waals surface area (Å²) in [5, 5.41) is 20.1. The third-order valence-electron chi connectivity index (χ3n) is 4.71. The van der Waals surface area contributed by atoms with E-state index in [0.717, 1.165) is 49.2 Å². The molecule has 0 spiro atoms. The number of aromatic nitrogens is 3.